The van der Waals surface area contributed by atoms with Gasteiger partial charge in [-0.05, 0) is 76.8 Å². The van der Waals surface area contributed by atoms with Crippen molar-refractivity contribution in [2.45, 2.75) is 53.0 Å². The number of rotatable bonds is 6. The zero-order chi connectivity index (χ0) is 14.6. The van der Waals surface area contributed by atoms with Gasteiger partial charge in [0.25, 0.3) is 0 Å². The first-order valence-electron chi connectivity index (χ1n) is 7.17. The maximum Gasteiger partial charge on any atom is 0.0448 e. The lowest BCUT2D eigenvalue weighted by Crippen LogP contribution is -2.42. The summed E-state index contributed by atoms with van der Waals surface area (Å²) in [5.74, 6) is 0. The molecule has 0 heterocycles. The lowest BCUT2D eigenvalue weighted by molar-refractivity contribution is 0.117. The molecule has 0 saturated heterocycles. The Morgan fingerprint density at radius 2 is 1.74 bits per heavy atom. The summed E-state index contributed by atoms with van der Waals surface area (Å²) < 4.78 is 0. The van der Waals surface area contributed by atoms with Crippen molar-refractivity contribution >= 4 is 0 Å². The fourth-order valence-electron chi connectivity index (χ4n) is 2.34. The minimum atomic E-state index is 0.0579. The Labute approximate surface area is 118 Å². The van der Waals surface area contributed by atoms with E-state index in [-0.39, 0.29) is 12.1 Å². The number of likely N-dealkylation sites (N-methyl/N-ethyl adjacent to an activating group) is 1. The average molecular weight is 263 g/mol. The maximum atomic E-state index is 9.12. The monoisotopic (exact) mass is 263 g/mol. The molecule has 0 amide bonds. The van der Waals surface area contributed by atoms with Crippen LogP contribution in [0, 0.1) is 20.8 Å². The molecule has 0 bridgehead atoms. The van der Waals surface area contributed by atoms with E-state index in [0.29, 0.717) is 0 Å². The lowest BCUT2D eigenvalue weighted by Gasteiger charge is -2.35. The Morgan fingerprint density at radius 3 is 2.32 bits per heavy atom. The van der Waals surface area contributed by atoms with Gasteiger partial charge in [-0.25, -0.2) is 0 Å². The molecular weight excluding hydrogens is 234 g/mol. The van der Waals surface area contributed by atoms with E-state index in [4.69, 9.17) is 5.11 Å². The second-order valence-electron chi connectivity index (χ2n) is 6.25. The summed E-state index contributed by atoms with van der Waals surface area (Å²) in [4.78, 5) is 2.35. The number of aryl methyl sites for hydroxylation is 1. The third kappa shape index (κ3) is 4.05. The molecule has 0 spiro atoms. The highest BCUT2D eigenvalue weighted by Gasteiger charge is 2.22. The first-order chi connectivity index (χ1) is 8.79. The van der Waals surface area contributed by atoms with Gasteiger partial charge < -0.3 is 10.0 Å². The van der Waals surface area contributed by atoms with Crippen LogP contribution in [0.15, 0.2) is 12.1 Å². The minimum Gasteiger partial charge on any atom is -0.396 e. The zero-order valence-electron chi connectivity index (χ0n) is 13.4. The predicted molar refractivity (Wildman–Crippen MR) is 82.8 cm³/mol. The largest absolute Gasteiger partial charge is 0.396 e. The molecule has 0 unspecified atom stereocenters. The van der Waals surface area contributed by atoms with Crippen LogP contribution in [0.25, 0.3) is 0 Å². The highest BCUT2D eigenvalue weighted by Crippen LogP contribution is 2.20. The van der Waals surface area contributed by atoms with Gasteiger partial charge in [-0.15, -0.1) is 0 Å². The molecule has 1 rings (SSSR count). The topological polar surface area (TPSA) is 23.5 Å². The van der Waals surface area contributed by atoms with Crippen LogP contribution in [0.5, 0.6) is 0 Å². The van der Waals surface area contributed by atoms with Gasteiger partial charge >= 0.3 is 0 Å². The standard InChI is InChI=1S/C17H29NO/c1-13-7-8-16(15(3)14(13)2)9-11-18(6)17(4,5)10-12-19/h7-8,19H,9-12H2,1-6H3. The molecule has 1 aromatic carbocycles. The van der Waals surface area contributed by atoms with E-state index < -0.39 is 0 Å². The molecule has 19 heavy (non-hydrogen) atoms. The molecule has 0 saturated carbocycles. The van der Waals surface area contributed by atoms with Crippen LogP contribution in [-0.4, -0.2) is 35.7 Å². The fourth-order valence-corrected chi connectivity index (χ4v) is 2.34. The van der Waals surface area contributed by atoms with E-state index in [9.17, 15) is 0 Å². The molecule has 0 aliphatic rings. The Kier molecular flexibility index (Phi) is 5.57. The number of nitrogens with zero attached hydrogens (tertiary/aromatic N) is 1. The van der Waals surface area contributed by atoms with Crippen molar-refractivity contribution in [3.63, 3.8) is 0 Å². The van der Waals surface area contributed by atoms with E-state index >= 15 is 0 Å². The highest BCUT2D eigenvalue weighted by molar-refractivity contribution is 5.38. The summed E-state index contributed by atoms with van der Waals surface area (Å²) in [6.07, 6.45) is 1.88. The van der Waals surface area contributed by atoms with Crippen LogP contribution < -0.4 is 0 Å². The van der Waals surface area contributed by atoms with E-state index in [2.05, 4.69) is 58.7 Å². The van der Waals surface area contributed by atoms with Gasteiger partial charge in [0.2, 0.25) is 0 Å². The molecule has 0 aromatic heterocycles. The third-order valence-corrected chi connectivity index (χ3v) is 4.64. The van der Waals surface area contributed by atoms with Crippen LogP contribution in [-0.2, 0) is 6.42 Å². The van der Waals surface area contributed by atoms with Crippen LogP contribution >= 0.6 is 0 Å². The zero-order valence-corrected chi connectivity index (χ0v) is 13.4. The Morgan fingerprint density at radius 1 is 1.11 bits per heavy atom. The van der Waals surface area contributed by atoms with E-state index in [1.807, 2.05) is 0 Å². The summed E-state index contributed by atoms with van der Waals surface area (Å²) in [5, 5.41) is 9.12. The van der Waals surface area contributed by atoms with Crippen molar-refractivity contribution in [1.29, 1.82) is 0 Å². The maximum absolute atomic E-state index is 9.12. The molecule has 1 aromatic rings. The molecular formula is C17H29NO. The van der Waals surface area contributed by atoms with E-state index in [1.165, 1.54) is 22.3 Å². The van der Waals surface area contributed by atoms with Crippen molar-refractivity contribution in [3.05, 3.63) is 34.4 Å². The fraction of sp³-hybridized carbons (Fsp3) is 0.647. The summed E-state index contributed by atoms with van der Waals surface area (Å²) in [7, 11) is 2.14. The summed E-state index contributed by atoms with van der Waals surface area (Å²) in [6.45, 7) is 12.2. The van der Waals surface area contributed by atoms with Gasteiger partial charge in [0.1, 0.15) is 0 Å². The average Bonchev–Trinajstić information content (AvgIpc) is 2.34. The molecule has 0 fully saturated rings. The SMILES string of the molecule is Cc1ccc(CCN(C)C(C)(C)CCO)c(C)c1C. The molecule has 2 heteroatoms. The van der Waals surface area contributed by atoms with Crippen molar-refractivity contribution in [2.75, 3.05) is 20.2 Å². The van der Waals surface area contributed by atoms with Crippen molar-refractivity contribution in [3.8, 4) is 0 Å². The smallest absolute Gasteiger partial charge is 0.0448 e. The summed E-state index contributed by atoms with van der Waals surface area (Å²) in [6, 6.07) is 4.47. The molecule has 0 radical (unpaired) electrons. The quantitative estimate of drug-likeness (QED) is 0.851. The Bertz CT molecular complexity index is 424. The van der Waals surface area contributed by atoms with Crippen LogP contribution in [0.1, 0.15) is 42.5 Å². The van der Waals surface area contributed by atoms with Crippen molar-refractivity contribution in [1.82, 2.24) is 4.90 Å². The summed E-state index contributed by atoms with van der Waals surface area (Å²) in [5.41, 5.74) is 5.70. The normalized spacial score (nSPS) is 12.2. The first kappa shape index (κ1) is 16.2. The lowest BCUT2D eigenvalue weighted by atomic mass is 9.95. The highest BCUT2D eigenvalue weighted by atomic mass is 16.3. The molecule has 0 aliphatic carbocycles. The van der Waals surface area contributed by atoms with Gasteiger partial charge in [0.15, 0.2) is 0 Å². The van der Waals surface area contributed by atoms with Crippen LogP contribution in [0.2, 0.25) is 0 Å². The van der Waals surface area contributed by atoms with Gasteiger partial charge in [-0.1, -0.05) is 12.1 Å². The second kappa shape index (κ2) is 6.53. The number of benzene rings is 1. The van der Waals surface area contributed by atoms with E-state index in [0.717, 1.165) is 19.4 Å². The van der Waals surface area contributed by atoms with Crippen molar-refractivity contribution < 1.29 is 5.11 Å². The van der Waals surface area contributed by atoms with Gasteiger partial charge in [-0.2, -0.15) is 0 Å². The Balaban J connectivity index is 2.70. The predicted octanol–water partition coefficient (Wildman–Crippen LogP) is 3.25. The number of aliphatic hydroxyl groups excluding tert-OH is 1. The molecule has 0 atom stereocenters. The first-order valence-corrected chi connectivity index (χ1v) is 7.17. The summed E-state index contributed by atoms with van der Waals surface area (Å²) >= 11 is 0. The third-order valence-electron chi connectivity index (χ3n) is 4.64. The molecule has 0 aliphatic heterocycles. The van der Waals surface area contributed by atoms with Crippen LogP contribution in [0.3, 0.4) is 0 Å². The number of hydrogen-bond acceptors (Lipinski definition) is 2. The van der Waals surface area contributed by atoms with Crippen molar-refractivity contribution in [2.24, 2.45) is 0 Å². The molecule has 2 nitrogen and oxygen atoms in total. The number of aliphatic hydroxyl groups is 1. The van der Waals surface area contributed by atoms with Gasteiger partial charge in [0.05, 0.1) is 0 Å². The van der Waals surface area contributed by atoms with Gasteiger partial charge in [0, 0.05) is 18.7 Å². The minimum absolute atomic E-state index is 0.0579. The Hall–Kier alpha value is -0.860. The van der Waals surface area contributed by atoms with E-state index in [1.54, 1.807) is 0 Å². The molecule has 1 N–H and O–H groups in total. The number of hydrogen-bond donors (Lipinski definition) is 1. The van der Waals surface area contributed by atoms with Crippen LogP contribution in [0.4, 0.5) is 0 Å². The second-order valence-corrected chi connectivity index (χ2v) is 6.25. The van der Waals surface area contributed by atoms with Gasteiger partial charge in [-0.3, -0.25) is 0 Å². The molecule has 108 valence electrons.